The fraction of sp³-hybridized carbons (Fsp3) is 0.667. The maximum Gasteiger partial charge on any atom is 0.0444 e. The maximum atomic E-state index is 8.85. The molecule has 0 amide bonds. The van der Waals surface area contributed by atoms with E-state index in [0.717, 1.165) is 6.42 Å². The minimum absolute atomic E-state index is 0.140. The summed E-state index contributed by atoms with van der Waals surface area (Å²) in [6.45, 7) is 8.76. The molecule has 0 saturated heterocycles. The minimum Gasteiger partial charge on any atom is -0.396 e. The van der Waals surface area contributed by atoms with Crippen LogP contribution in [0.1, 0.15) is 34.1 Å². The lowest BCUT2D eigenvalue weighted by Crippen LogP contribution is -2.15. The topological polar surface area (TPSA) is 20.2 Å². The standard InChI is InChI=1S/C12H22OS/c1-5-6-11(2)7-10-14-12(3,4)8-9-13/h5-7,10-11,13H,8-9H2,1-4H3/b6-5+,10-7+. The number of hydrogen-bond donors (Lipinski definition) is 1. The molecule has 1 nitrogen and oxygen atoms in total. The van der Waals surface area contributed by atoms with Crippen molar-refractivity contribution in [1.82, 2.24) is 0 Å². The second-order valence-corrected chi connectivity index (χ2v) is 5.68. The average Bonchev–Trinajstić information content (AvgIpc) is 2.03. The first kappa shape index (κ1) is 13.8. The lowest BCUT2D eigenvalue weighted by atomic mass is 10.1. The molecule has 0 saturated carbocycles. The monoisotopic (exact) mass is 214 g/mol. The highest BCUT2D eigenvalue weighted by Crippen LogP contribution is 2.28. The molecule has 0 aliphatic carbocycles. The lowest BCUT2D eigenvalue weighted by molar-refractivity contribution is 0.275. The molecule has 2 heteroatoms. The van der Waals surface area contributed by atoms with Gasteiger partial charge in [0.2, 0.25) is 0 Å². The molecule has 0 aliphatic heterocycles. The Morgan fingerprint density at radius 2 is 2.00 bits per heavy atom. The van der Waals surface area contributed by atoms with E-state index in [-0.39, 0.29) is 11.4 Å². The van der Waals surface area contributed by atoms with Crippen molar-refractivity contribution in [2.45, 2.75) is 38.9 Å². The summed E-state index contributed by atoms with van der Waals surface area (Å²) in [6.07, 6.45) is 7.25. The Labute approximate surface area is 92.3 Å². The van der Waals surface area contributed by atoms with Gasteiger partial charge in [0.1, 0.15) is 0 Å². The molecule has 0 heterocycles. The molecule has 0 radical (unpaired) electrons. The zero-order valence-electron chi connectivity index (χ0n) is 9.66. The van der Waals surface area contributed by atoms with Gasteiger partial charge in [0.05, 0.1) is 0 Å². The molecular formula is C12H22OS. The van der Waals surface area contributed by atoms with Gasteiger partial charge in [-0.1, -0.05) is 39.0 Å². The van der Waals surface area contributed by atoms with Gasteiger partial charge in [0.25, 0.3) is 0 Å². The number of thioether (sulfide) groups is 1. The van der Waals surface area contributed by atoms with Gasteiger partial charge in [0.15, 0.2) is 0 Å². The Hall–Kier alpha value is -0.210. The number of hydrogen-bond acceptors (Lipinski definition) is 2. The maximum absolute atomic E-state index is 8.85. The Morgan fingerprint density at radius 3 is 2.50 bits per heavy atom. The first-order valence-electron chi connectivity index (χ1n) is 5.10. The van der Waals surface area contributed by atoms with Gasteiger partial charge in [-0.2, -0.15) is 0 Å². The fourth-order valence-electron chi connectivity index (χ4n) is 1.04. The Balaban J connectivity index is 3.91. The molecule has 14 heavy (non-hydrogen) atoms. The van der Waals surface area contributed by atoms with Gasteiger partial charge in [0, 0.05) is 11.4 Å². The SMILES string of the molecule is C/C=C/C(C)/C=C/SC(C)(C)CCO. The summed E-state index contributed by atoms with van der Waals surface area (Å²) in [6, 6.07) is 0. The van der Waals surface area contributed by atoms with Crippen molar-refractivity contribution in [3.8, 4) is 0 Å². The van der Waals surface area contributed by atoms with Crippen LogP contribution in [0, 0.1) is 5.92 Å². The van der Waals surface area contributed by atoms with Crippen molar-refractivity contribution in [1.29, 1.82) is 0 Å². The van der Waals surface area contributed by atoms with E-state index in [9.17, 15) is 0 Å². The van der Waals surface area contributed by atoms with E-state index in [1.807, 2.05) is 6.92 Å². The molecule has 0 rings (SSSR count). The molecule has 82 valence electrons. The van der Waals surface area contributed by atoms with Crippen molar-refractivity contribution in [3.05, 3.63) is 23.6 Å². The van der Waals surface area contributed by atoms with Crippen LogP contribution in [0.2, 0.25) is 0 Å². The zero-order chi connectivity index (χ0) is 11.0. The van der Waals surface area contributed by atoms with Crippen molar-refractivity contribution >= 4 is 11.8 Å². The zero-order valence-corrected chi connectivity index (χ0v) is 10.5. The van der Waals surface area contributed by atoms with Crippen LogP contribution in [0.25, 0.3) is 0 Å². The summed E-state index contributed by atoms with van der Waals surface area (Å²) in [7, 11) is 0. The second-order valence-electron chi connectivity index (χ2n) is 4.06. The Kier molecular flexibility index (Phi) is 7.02. The van der Waals surface area contributed by atoms with Crippen LogP contribution >= 0.6 is 11.8 Å². The molecule has 0 aromatic heterocycles. The van der Waals surface area contributed by atoms with Crippen LogP contribution in [0.15, 0.2) is 23.6 Å². The van der Waals surface area contributed by atoms with Crippen LogP contribution in [-0.2, 0) is 0 Å². The summed E-state index contributed by atoms with van der Waals surface area (Å²) in [5.74, 6) is 0.498. The van der Waals surface area contributed by atoms with Gasteiger partial charge in [-0.25, -0.2) is 0 Å². The van der Waals surface area contributed by atoms with Crippen molar-refractivity contribution in [2.75, 3.05) is 6.61 Å². The summed E-state index contributed by atoms with van der Waals surface area (Å²) in [5.41, 5.74) is 0. The number of aliphatic hydroxyl groups excluding tert-OH is 1. The van der Waals surface area contributed by atoms with Gasteiger partial charge >= 0.3 is 0 Å². The third-order valence-corrected chi connectivity index (χ3v) is 3.11. The lowest BCUT2D eigenvalue weighted by Gasteiger charge is -2.20. The predicted octanol–water partition coefficient (Wildman–Crippen LogP) is 3.61. The van der Waals surface area contributed by atoms with Crippen LogP contribution in [0.5, 0.6) is 0 Å². The van der Waals surface area contributed by atoms with E-state index >= 15 is 0 Å². The largest absolute Gasteiger partial charge is 0.396 e. The third kappa shape index (κ3) is 7.22. The van der Waals surface area contributed by atoms with Crippen molar-refractivity contribution in [3.63, 3.8) is 0 Å². The Morgan fingerprint density at radius 1 is 1.36 bits per heavy atom. The molecule has 1 atom stereocenters. The number of aliphatic hydroxyl groups is 1. The molecule has 1 N–H and O–H groups in total. The molecule has 0 spiro atoms. The number of rotatable bonds is 6. The van der Waals surface area contributed by atoms with Gasteiger partial charge in [-0.15, -0.1) is 11.8 Å². The second kappa shape index (κ2) is 7.13. The highest BCUT2D eigenvalue weighted by Gasteiger charge is 2.15. The van der Waals surface area contributed by atoms with E-state index in [0.29, 0.717) is 5.92 Å². The molecule has 0 aromatic carbocycles. The molecule has 0 aliphatic rings. The van der Waals surface area contributed by atoms with E-state index in [1.165, 1.54) is 0 Å². The average molecular weight is 214 g/mol. The quantitative estimate of drug-likeness (QED) is 0.682. The van der Waals surface area contributed by atoms with E-state index < -0.39 is 0 Å². The molecule has 0 aromatic rings. The highest BCUT2D eigenvalue weighted by atomic mass is 32.2. The predicted molar refractivity (Wildman–Crippen MR) is 66.5 cm³/mol. The highest BCUT2D eigenvalue weighted by molar-refractivity contribution is 8.03. The first-order valence-corrected chi connectivity index (χ1v) is 5.98. The molecular weight excluding hydrogens is 192 g/mol. The van der Waals surface area contributed by atoms with Gasteiger partial charge in [-0.3, -0.25) is 0 Å². The van der Waals surface area contributed by atoms with Gasteiger partial charge in [-0.05, 0) is 24.7 Å². The normalized spacial score (nSPS) is 15.5. The minimum atomic E-state index is 0.140. The smallest absolute Gasteiger partial charge is 0.0444 e. The number of allylic oxidation sites excluding steroid dienone is 3. The summed E-state index contributed by atoms with van der Waals surface area (Å²) in [5, 5.41) is 11.0. The van der Waals surface area contributed by atoms with E-state index in [2.05, 4.69) is 44.4 Å². The van der Waals surface area contributed by atoms with E-state index in [1.54, 1.807) is 11.8 Å². The van der Waals surface area contributed by atoms with Crippen LogP contribution in [-0.4, -0.2) is 16.5 Å². The fourth-order valence-corrected chi connectivity index (χ4v) is 1.95. The van der Waals surface area contributed by atoms with Crippen LogP contribution in [0.3, 0.4) is 0 Å². The van der Waals surface area contributed by atoms with Crippen LogP contribution in [0.4, 0.5) is 0 Å². The van der Waals surface area contributed by atoms with Gasteiger partial charge < -0.3 is 5.11 Å². The molecule has 1 unspecified atom stereocenters. The van der Waals surface area contributed by atoms with Crippen molar-refractivity contribution < 1.29 is 5.11 Å². The third-order valence-electron chi connectivity index (χ3n) is 1.98. The Bertz CT molecular complexity index is 194. The summed E-state index contributed by atoms with van der Waals surface area (Å²) >= 11 is 1.78. The summed E-state index contributed by atoms with van der Waals surface area (Å²) in [4.78, 5) is 0. The van der Waals surface area contributed by atoms with Crippen molar-refractivity contribution in [2.24, 2.45) is 5.92 Å². The van der Waals surface area contributed by atoms with E-state index in [4.69, 9.17) is 5.11 Å². The first-order chi connectivity index (χ1) is 6.52. The molecule has 0 bridgehead atoms. The molecule has 0 fully saturated rings. The van der Waals surface area contributed by atoms with Crippen LogP contribution < -0.4 is 0 Å². The summed E-state index contributed by atoms with van der Waals surface area (Å²) < 4.78 is 0.140.